The van der Waals surface area contributed by atoms with Gasteiger partial charge in [-0.1, -0.05) is 0 Å². The molecule has 0 aliphatic carbocycles. The van der Waals surface area contributed by atoms with E-state index in [4.69, 9.17) is 5.73 Å². The molecular formula is C10H10F2N2O5. The van der Waals surface area contributed by atoms with Crippen LogP contribution in [0.5, 0.6) is 5.75 Å². The maximum atomic E-state index is 12.2. The molecule has 0 unspecified atom stereocenters. The predicted octanol–water partition coefficient (Wildman–Crippen LogP) is 1.96. The molecule has 0 aliphatic heterocycles. The lowest BCUT2D eigenvalue weighted by atomic mass is 10.1. The molecule has 1 rings (SSSR count). The van der Waals surface area contributed by atoms with E-state index in [-0.39, 0.29) is 12.3 Å². The van der Waals surface area contributed by atoms with Crippen molar-refractivity contribution < 1.29 is 28.0 Å². The zero-order chi connectivity index (χ0) is 14.6. The van der Waals surface area contributed by atoms with Gasteiger partial charge in [-0.3, -0.25) is 10.1 Å². The van der Waals surface area contributed by atoms with Crippen molar-refractivity contribution in [3.05, 3.63) is 27.8 Å². The molecular weight excluding hydrogens is 266 g/mol. The number of benzene rings is 1. The largest absolute Gasteiger partial charge is 0.462 e. The fraction of sp³-hybridized carbons (Fsp3) is 0.300. The Morgan fingerprint density at radius 2 is 2.16 bits per heavy atom. The van der Waals surface area contributed by atoms with Gasteiger partial charge >= 0.3 is 12.6 Å². The van der Waals surface area contributed by atoms with Crippen molar-refractivity contribution in [2.24, 2.45) is 0 Å². The van der Waals surface area contributed by atoms with E-state index in [0.29, 0.717) is 6.07 Å². The van der Waals surface area contributed by atoms with E-state index in [1.54, 1.807) is 0 Å². The summed E-state index contributed by atoms with van der Waals surface area (Å²) in [5, 5.41) is 10.6. The van der Waals surface area contributed by atoms with Gasteiger partial charge < -0.3 is 15.2 Å². The van der Waals surface area contributed by atoms with Crippen LogP contribution >= 0.6 is 0 Å². The molecule has 1 aromatic rings. The maximum Gasteiger partial charge on any atom is 0.387 e. The molecule has 0 aliphatic rings. The summed E-state index contributed by atoms with van der Waals surface area (Å²) in [7, 11) is 0. The third-order valence-corrected chi connectivity index (χ3v) is 2.04. The second-order valence-corrected chi connectivity index (χ2v) is 3.26. The van der Waals surface area contributed by atoms with Crippen LogP contribution in [0, 0.1) is 10.1 Å². The van der Waals surface area contributed by atoms with Crippen LogP contribution in [0.25, 0.3) is 0 Å². The van der Waals surface area contributed by atoms with Crippen molar-refractivity contribution in [3.63, 3.8) is 0 Å². The first-order valence-electron chi connectivity index (χ1n) is 5.06. The number of alkyl halides is 2. The highest BCUT2D eigenvalue weighted by molar-refractivity contribution is 5.94. The third kappa shape index (κ3) is 3.50. The Balaban J connectivity index is 3.31. The standard InChI is InChI=1S/C10H10F2N2O5/c1-2-18-9(15)5-3-6(13)7(14(16)17)4-8(5)19-10(11)12/h3-4,10H,2,13H2,1H3. The number of nitrogens with zero attached hydrogens (tertiary/aromatic N) is 1. The molecule has 0 atom stereocenters. The topological polar surface area (TPSA) is 105 Å². The highest BCUT2D eigenvalue weighted by Crippen LogP contribution is 2.32. The molecule has 0 aromatic heterocycles. The van der Waals surface area contributed by atoms with Crippen molar-refractivity contribution in [3.8, 4) is 5.75 Å². The average molecular weight is 276 g/mol. The lowest BCUT2D eigenvalue weighted by Crippen LogP contribution is -2.12. The van der Waals surface area contributed by atoms with Crippen molar-refractivity contribution >= 4 is 17.3 Å². The van der Waals surface area contributed by atoms with Gasteiger partial charge in [0.05, 0.1) is 17.6 Å². The molecule has 9 heteroatoms. The minimum Gasteiger partial charge on any atom is -0.462 e. The number of anilines is 1. The average Bonchev–Trinajstić information content (AvgIpc) is 2.30. The van der Waals surface area contributed by atoms with Gasteiger partial charge in [-0.05, 0) is 13.0 Å². The zero-order valence-corrected chi connectivity index (χ0v) is 9.76. The first-order valence-corrected chi connectivity index (χ1v) is 5.06. The minimum atomic E-state index is -3.24. The molecule has 0 radical (unpaired) electrons. The Morgan fingerprint density at radius 1 is 1.53 bits per heavy atom. The number of ether oxygens (including phenoxy) is 2. The van der Waals surface area contributed by atoms with E-state index in [1.165, 1.54) is 6.92 Å². The molecule has 0 spiro atoms. The van der Waals surface area contributed by atoms with Crippen LogP contribution in [0.15, 0.2) is 12.1 Å². The number of nitro groups is 1. The van der Waals surface area contributed by atoms with Gasteiger partial charge in [0.1, 0.15) is 17.0 Å². The molecule has 7 nitrogen and oxygen atoms in total. The van der Waals surface area contributed by atoms with Crippen molar-refractivity contribution in [2.45, 2.75) is 13.5 Å². The number of rotatable bonds is 5. The molecule has 0 heterocycles. The van der Waals surface area contributed by atoms with Crippen molar-refractivity contribution in [1.82, 2.24) is 0 Å². The third-order valence-electron chi connectivity index (χ3n) is 2.04. The monoisotopic (exact) mass is 276 g/mol. The van der Waals surface area contributed by atoms with Crippen LogP contribution in [0.4, 0.5) is 20.2 Å². The Morgan fingerprint density at radius 3 is 2.63 bits per heavy atom. The van der Waals surface area contributed by atoms with E-state index >= 15 is 0 Å². The quantitative estimate of drug-likeness (QED) is 0.381. The van der Waals surface area contributed by atoms with Crippen LogP contribution in [-0.2, 0) is 4.74 Å². The van der Waals surface area contributed by atoms with Crippen molar-refractivity contribution in [1.29, 1.82) is 0 Å². The molecule has 0 fully saturated rings. The number of carbonyl (C=O) groups excluding carboxylic acids is 1. The summed E-state index contributed by atoms with van der Waals surface area (Å²) >= 11 is 0. The van der Waals surface area contributed by atoms with E-state index in [0.717, 1.165) is 6.07 Å². The number of nitrogen functional groups attached to an aromatic ring is 1. The van der Waals surface area contributed by atoms with E-state index < -0.39 is 34.5 Å². The zero-order valence-electron chi connectivity index (χ0n) is 9.76. The number of halogens is 2. The van der Waals surface area contributed by atoms with Crippen LogP contribution in [0.2, 0.25) is 0 Å². The molecule has 2 N–H and O–H groups in total. The number of nitro benzene ring substituents is 1. The molecule has 104 valence electrons. The number of esters is 1. The lowest BCUT2D eigenvalue weighted by Gasteiger charge is -2.10. The van der Waals surface area contributed by atoms with Crippen LogP contribution in [0.3, 0.4) is 0 Å². The summed E-state index contributed by atoms with van der Waals surface area (Å²) in [6.07, 6.45) is 0. The SMILES string of the molecule is CCOC(=O)c1cc(N)c([N+](=O)[O-])cc1OC(F)F. The molecule has 19 heavy (non-hydrogen) atoms. The Labute approximate surface area is 106 Å². The van der Waals surface area contributed by atoms with Gasteiger partial charge in [-0.2, -0.15) is 8.78 Å². The molecule has 0 bridgehead atoms. The van der Waals surface area contributed by atoms with Crippen LogP contribution in [0.1, 0.15) is 17.3 Å². The first kappa shape index (κ1) is 14.6. The smallest absolute Gasteiger partial charge is 0.387 e. The Hall–Kier alpha value is -2.45. The highest BCUT2D eigenvalue weighted by atomic mass is 19.3. The summed E-state index contributed by atoms with van der Waals surface area (Å²) in [5.74, 6) is -1.62. The van der Waals surface area contributed by atoms with Crippen molar-refractivity contribution in [2.75, 3.05) is 12.3 Å². The van der Waals surface area contributed by atoms with E-state index in [1.807, 2.05) is 0 Å². The van der Waals surface area contributed by atoms with Crippen LogP contribution < -0.4 is 10.5 Å². The summed E-state index contributed by atoms with van der Waals surface area (Å²) in [6.45, 7) is -1.72. The highest BCUT2D eigenvalue weighted by Gasteiger charge is 2.23. The van der Waals surface area contributed by atoms with Gasteiger partial charge in [-0.15, -0.1) is 0 Å². The number of nitrogens with two attached hydrogens (primary N) is 1. The van der Waals surface area contributed by atoms with Gasteiger partial charge in [0.25, 0.3) is 5.69 Å². The number of hydrogen-bond acceptors (Lipinski definition) is 6. The summed E-state index contributed by atoms with van der Waals surface area (Å²) in [4.78, 5) is 21.3. The normalized spacial score (nSPS) is 10.3. The molecule has 0 saturated heterocycles. The molecule has 0 saturated carbocycles. The fourth-order valence-electron chi connectivity index (χ4n) is 1.31. The second kappa shape index (κ2) is 5.94. The summed E-state index contributed by atoms with van der Waals surface area (Å²) in [5.41, 5.74) is 3.98. The fourth-order valence-corrected chi connectivity index (χ4v) is 1.31. The second-order valence-electron chi connectivity index (χ2n) is 3.26. The van der Waals surface area contributed by atoms with Gasteiger partial charge in [0, 0.05) is 0 Å². The maximum absolute atomic E-state index is 12.2. The minimum absolute atomic E-state index is 0.00381. The Kier molecular flexibility index (Phi) is 4.56. The Bertz CT molecular complexity index is 507. The molecule has 0 amide bonds. The first-order chi connectivity index (χ1) is 8.86. The van der Waals surface area contributed by atoms with Gasteiger partial charge in [0.15, 0.2) is 0 Å². The van der Waals surface area contributed by atoms with Crippen LogP contribution in [-0.4, -0.2) is 24.1 Å². The summed E-state index contributed by atoms with van der Waals surface area (Å²) < 4.78 is 33.1. The molecule has 1 aromatic carbocycles. The van der Waals surface area contributed by atoms with E-state index in [9.17, 15) is 23.7 Å². The lowest BCUT2D eigenvalue weighted by molar-refractivity contribution is -0.384. The van der Waals surface area contributed by atoms with E-state index in [2.05, 4.69) is 9.47 Å². The van der Waals surface area contributed by atoms with Gasteiger partial charge in [0.2, 0.25) is 0 Å². The summed E-state index contributed by atoms with van der Waals surface area (Å²) in [6, 6.07) is 1.53. The number of hydrogen-bond donors (Lipinski definition) is 1. The van der Waals surface area contributed by atoms with Gasteiger partial charge in [-0.25, -0.2) is 4.79 Å². The predicted molar refractivity (Wildman–Crippen MR) is 60.1 cm³/mol. The number of carbonyl (C=O) groups is 1.